The Morgan fingerprint density at radius 1 is 1.45 bits per heavy atom. The van der Waals surface area contributed by atoms with Crippen LogP contribution in [0.4, 0.5) is 0 Å². The minimum Gasteiger partial charge on any atom is -0.326 e. The van der Waals surface area contributed by atoms with Crippen molar-refractivity contribution in [2.24, 2.45) is 5.73 Å². The molecule has 1 aromatic carbocycles. The molecule has 1 aliphatic rings. The van der Waals surface area contributed by atoms with Crippen LogP contribution >= 0.6 is 0 Å². The van der Waals surface area contributed by atoms with Gasteiger partial charge in [-0.15, -0.1) is 0 Å². The molecule has 112 valence electrons. The highest BCUT2D eigenvalue weighted by Crippen LogP contribution is 2.18. The Morgan fingerprint density at radius 2 is 2.20 bits per heavy atom. The average molecular weight is 297 g/mol. The largest absolute Gasteiger partial charge is 0.326 e. The molecule has 0 saturated carbocycles. The molecule has 0 bridgehead atoms. The van der Waals surface area contributed by atoms with Crippen LogP contribution in [0.2, 0.25) is 0 Å². The van der Waals surface area contributed by atoms with E-state index in [0.29, 0.717) is 17.5 Å². The third-order valence-electron chi connectivity index (χ3n) is 3.97. The summed E-state index contributed by atoms with van der Waals surface area (Å²) in [6.07, 6.45) is 1.68. The average Bonchev–Trinajstić information content (AvgIpc) is 2.43. The van der Waals surface area contributed by atoms with E-state index < -0.39 is 10.0 Å². The third kappa shape index (κ3) is 3.58. The Kier molecular flexibility index (Phi) is 4.80. The number of rotatable bonds is 4. The summed E-state index contributed by atoms with van der Waals surface area (Å²) in [5, 5.41) is 0. The van der Waals surface area contributed by atoms with Crippen LogP contribution in [-0.2, 0) is 16.6 Å². The predicted molar refractivity (Wildman–Crippen MR) is 79.8 cm³/mol. The molecule has 6 heteroatoms. The zero-order valence-electron chi connectivity index (χ0n) is 12.0. The zero-order chi connectivity index (χ0) is 14.8. The molecule has 5 nitrogen and oxygen atoms in total. The van der Waals surface area contributed by atoms with Crippen LogP contribution in [0.1, 0.15) is 25.3 Å². The zero-order valence-corrected chi connectivity index (χ0v) is 12.9. The molecule has 0 aliphatic carbocycles. The Bertz CT molecular complexity index is 559. The first-order chi connectivity index (χ1) is 9.42. The van der Waals surface area contributed by atoms with Crippen LogP contribution in [0.3, 0.4) is 0 Å². The highest BCUT2D eigenvalue weighted by molar-refractivity contribution is 7.89. The van der Waals surface area contributed by atoms with E-state index in [-0.39, 0.29) is 6.04 Å². The predicted octanol–water partition coefficient (Wildman–Crippen LogP) is 0.906. The van der Waals surface area contributed by atoms with Crippen molar-refractivity contribution in [2.45, 2.75) is 43.3 Å². The van der Waals surface area contributed by atoms with E-state index in [1.165, 1.54) is 0 Å². The fourth-order valence-electron chi connectivity index (χ4n) is 2.52. The van der Waals surface area contributed by atoms with Gasteiger partial charge in [0.15, 0.2) is 0 Å². The summed E-state index contributed by atoms with van der Waals surface area (Å²) in [6.45, 7) is 3.38. The number of nitrogens with two attached hydrogens (primary N) is 1. The van der Waals surface area contributed by atoms with Crippen LogP contribution in [0.15, 0.2) is 29.2 Å². The van der Waals surface area contributed by atoms with Gasteiger partial charge in [0.2, 0.25) is 10.0 Å². The number of piperidine rings is 1. The van der Waals surface area contributed by atoms with E-state index in [4.69, 9.17) is 5.73 Å². The van der Waals surface area contributed by atoms with Gasteiger partial charge in [-0.2, -0.15) is 0 Å². The molecule has 2 unspecified atom stereocenters. The first-order valence-corrected chi connectivity index (χ1v) is 8.42. The molecule has 1 aliphatic heterocycles. The maximum atomic E-state index is 12.4. The van der Waals surface area contributed by atoms with Gasteiger partial charge in [-0.25, -0.2) is 13.1 Å². The summed E-state index contributed by atoms with van der Waals surface area (Å²) < 4.78 is 27.6. The molecule has 2 rings (SSSR count). The monoisotopic (exact) mass is 297 g/mol. The number of hydrogen-bond acceptors (Lipinski definition) is 4. The number of nitrogens with one attached hydrogen (secondary N) is 1. The second-order valence-electron chi connectivity index (χ2n) is 5.52. The van der Waals surface area contributed by atoms with E-state index >= 15 is 0 Å². The Labute approximate surface area is 121 Å². The molecule has 0 radical (unpaired) electrons. The molecular formula is C14H23N3O2S. The van der Waals surface area contributed by atoms with Gasteiger partial charge in [-0.05, 0) is 51.1 Å². The molecule has 1 aromatic rings. The van der Waals surface area contributed by atoms with E-state index in [0.717, 1.165) is 24.9 Å². The van der Waals surface area contributed by atoms with Crippen LogP contribution < -0.4 is 10.5 Å². The van der Waals surface area contributed by atoms with E-state index in [1.807, 2.05) is 6.07 Å². The molecule has 1 heterocycles. The summed E-state index contributed by atoms with van der Waals surface area (Å²) >= 11 is 0. The highest BCUT2D eigenvalue weighted by Gasteiger charge is 2.27. The topological polar surface area (TPSA) is 75.4 Å². The standard InChI is InChI=1S/C14H23N3O2S/c1-11-8-13(6-7-17(11)2)16-20(18,19)14-5-3-4-12(9-14)10-15/h3-5,9,11,13,16H,6-8,10,15H2,1-2H3. The Balaban J connectivity index is 2.11. The molecule has 2 atom stereocenters. The van der Waals surface area contributed by atoms with Gasteiger partial charge in [0, 0.05) is 18.6 Å². The lowest BCUT2D eigenvalue weighted by Crippen LogP contribution is -2.47. The third-order valence-corrected chi connectivity index (χ3v) is 5.49. The molecule has 3 N–H and O–H groups in total. The Morgan fingerprint density at radius 3 is 2.85 bits per heavy atom. The van der Waals surface area contributed by atoms with Gasteiger partial charge >= 0.3 is 0 Å². The lowest BCUT2D eigenvalue weighted by molar-refractivity contribution is 0.178. The summed E-state index contributed by atoms with van der Waals surface area (Å²) in [5.74, 6) is 0. The lowest BCUT2D eigenvalue weighted by atomic mass is 10.0. The SMILES string of the molecule is CC1CC(NS(=O)(=O)c2cccc(CN)c2)CCN1C. The molecule has 0 spiro atoms. The van der Waals surface area contributed by atoms with Crippen molar-refractivity contribution in [3.05, 3.63) is 29.8 Å². The molecular weight excluding hydrogens is 274 g/mol. The summed E-state index contributed by atoms with van der Waals surface area (Å²) in [5.41, 5.74) is 6.38. The molecule has 1 saturated heterocycles. The smallest absolute Gasteiger partial charge is 0.240 e. The van der Waals surface area contributed by atoms with Crippen LogP contribution in [0.5, 0.6) is 0 Å². The van der Waals surface area contributed by atoms with Crippen LogP contribution in [0, 0.1) is 0 Å². The van der Waals surface area contributed by atoms with Gasteiger partial charge in [0.1, 0.15) is 0 Å². The van der Waals surface area contributed by atoms with Crippen molar-refractivity contribution < 1.29 is 8.42 Å². The fourth-order valence-corrected chi connectivity index (χ4v) is 3.88. The van der Waals surface area contributed by atoms with Crippen molar-refractivity contribution >= 4 is 10.0 Å². The first-order valence-electron chi connectivity index (χ1n) is 6.94. The number of nitrogens with zero attached hydrogens (tertiary/aromatic N) is 1. The summed E-state index contributed by atoms with van der Waals surface area (Å²) in [6, 6.07) is 7.21. The molecule has 0 aromatic heterocycles. The summed E-state index contributed by atoms with van der Waals surface area (Å²) in [4.78, 5) is 2.55. The van der Waals surface area contributed by atoms with Crippen LogP contribution in [0.25, 0.3) is 0 Å². The first kappa shape index (κ1) is 15.4. The lowest BCUT2D eigenvalue weighted by Gasteiger charge is -2.35. The number of sulfonamides is 1. The highest BCUT2D eigenvalue weighted by atomic mass is 32.2. The van der Waals surface area contributed by atoms with Gasteiger partial charge in [0.05, 0.1) is 4.90 Å². The minimum absolute atomic E-state index is 0.00716. The van der Waals surface area contributed by atoms with Crippen molar-refractivity contribution in [3.8, 4) is 0 Å². The van der Waals surface area contributed by atoms with Crippen LogP contribution in [-0.4, -0.2) is 39.0 Å². The minimum atomic E-state index is -3.46. The molecule has 1 fully saturated rings. The summed E-state index contributed by atoms with van der Waals surface area (Å²) in [7, 11) is -1.39. The fraction of sp³-hybridized carbons (Fsp3) is 0.571. The van der Waals surface area contributed by atoms with Gasteiger partial charge in [-0.3, -0.25) is 0 Å². The maximum Gasteiger partial charge on any atom is 0.240 e. The van der Waals surface area contributed by atoms with Gasteiger partial charge < -0.3 is 10.6 Å². The number of likely N-dealkylation sites (tertiary alicyclic amines) is 1. The quantitative estimate of drug-likeness (QED) is 0.866. The molecule has 20 heavy (non-hydrogen) atoms. The van der Waals surface area contributed by atoms with Gasteiger partial charge in [0.25, 0.3) is 0 Å². The Hall–Kier alpha value is -0.950. The van der Waals surface area contributed by atoms with Gasteiger partial charge in [-0.1, -0.05) is 12.1 Å². The van der Waals surface area contributed by atoms with Crippen molar-refractivity contribution in [3.63, 3.8) is 0 Å². The second kappa shape index (κ2) is 6.22. The number of benzene rings is 1. The molecule has 0 amide bonds. The van der Waals surface area contributed by atoms with E-state index in [9.17, 15) is 8.42 Å². The van der Waals surface area contributed by atoms with Crippen molar-refractivity contribution in [2.75, 3.05) is 13.6 Å². The normalized spacial score (nSPS) is 24.8. The number of hydrogen-bond donors (Lipinski definition) is 2. The van der Waals surface area contributed by atoms with E-state index in [1.54, 1.807) is 18.2 Å². The van der Waals surface area contributed by atoms with E-state index in [2.05, 4.69) is 23.6 Å². The second-order valence-corrected chi connectivity index (χ2v) is 7.24. The van der Waals surface area contributed by atoms with Crippen molar-refractivity contribution in [1.29, 1.82) is 0 Å². The maximum absolute atomic E-state index is 12.4. The van der Waals surface area contributed by atoms with Crippen molar-refractivity contribution in [1.82, 2.24) is 9.62 Å².